The molecule has 0 spiro atoms. The maximum Gasteiger partial charge on any atom is 0.320 e. The minimum Gasteiger partial charge on any atom is -0.480 e. The number of hydrogen-bond acceptors (Lipinski definition) is 4. The van der Waals surface area contributed by atoms with E-state index in [-0.39, 0.29) is 6.04 Å². The molecule has 2 N–H and O–H groups in total. The summed E-state index contributed by atoms with van der Waals surface area (Å²) in [7, 11) is 0. The molecule has 0 aliphatic carbocycles. The number of carboxylic acid groups (broad SMARTS) is 1. The van der Waals surface area contributed by atoms with Gasteiger partial charge in [0.1, 0.15) is 6.04 Å². The summed E-state index contributed by atoms with van der Waals surface area (Å²) < 4.78 is 0. The minimum atomic E-state index is -0.830. The first-order valence-corrected chi connectivity index (χ1v) is 7.00. The Labute approximate surface area is 108 Å². The Morgan fingerprint density at radius 2 is 1.76 bits per heavy atom. The highest BCUT2D eigenvalue weighted by atomic mass is 32.1. The minimum absolute atomic E-state index is 0.0268. The molecule has 0 aliphatic heterocycles. The molecule has 3 nitrogen and oxygen atoms in total. The predicted octanol–water partition coefficient (Wildman–Crippen LogP) is 2.96. The van der Waals surface area contributed by atoms with Crippen molar-refractivity contribution >= 4 is 28.6 Å². The molecule has 0 aromatic carbocycles. The van der Waals surface area contributed by atoms with Gasteiger partial charge in [-0.3, -0.25) is 10.1 Å². The summed E-state index contributed by atoms with van der Waals surface area (Å²) >= 11 is 3.27. The van der Waals surface area contributed by atoms with Gasteiger partial charge in [0.25, 0.3) is 0 Å². The summed E-state index contributed by atoms with van der Waals surface area (Å²) in [5.74, 6) is -0.830. The van der Waals surface area contributed by atoms with E-state index in [4.69, 9.17) is 5.11 Å². The van der Waals surface area contributed by atoms with Crippen LogP contribution in [0.25, 0.3) is 0 Å². The van der Waals surface area contributed by atoms with E-state index in [1.807, 2.05) is 35.0 Å². The van der Waals surface area contributed by atoms with Gasteiger partial charge in [0.05, 0.1) is 6.04 Å². The average Bonchev–Trinajstić information content (AvgIpc) is 2.98. The molecular weight excluding hydrogens is 254 g/mol. The quantitative estimate of drug-likeness (QED) is 0.875. The highest BCUT2D eigenvalue weighted by Gasteiger charge is 2.21. The number of carboxylic acids is 1. The third-order valence-corrected chi connectivity index (χ3v) is 4.32. The van der Waals surface area contributed by atoms with Crippen LogP contribution < -0.4 is 5.32 Å². The first-order chi connectivity index (χ1) is 8.18. The van der Waals surface area contributed by atoms with Gasteiger partial charge in [-0.25, -0.2) is 0 Å². The highest BCUT2D eigenvalue weighted by molar-refractivity contribution is 7.11. The number of thiophene rings is 2. The summed E-state index contributed by atoms with van der Waals surface area (Å²) in [5, 5.41) is 16.1. The van der Waals surface area contributed by atoms with Crippen molar-refractivity contribution in [2.24, 2.45) is 0 Å². The second-order valence-electron chi connectivity index (χ2n) is 3.69. The van der Waals surface area contributed by atoms with Crippen LogP contribution in [0.4, 0.5) is 0 Å². The van der Waals surface area contributed by atoms with Gasteiger partial charge in [-0.05, 0) is 29.8 Å². The Hall–Kier alpha value is -1.17. The van der Waals surface area contributed by atoms with Gasteiger partial charge in [0.2, 0.25) is 0 Å². The van der Waals surface area contributed by atoms with Crippen LogP contribution in [-0.2, 0) is 4.79 Å². The Bertz CT molecular complexity index is 430. The molecule has 0 saturated carbocycles. The van der Waals surface area contributed by atoms with E-state index in [9.17, 15) is 4.79 Å². The zero-order valence-electron chi connectivity index (χ0n) is 9.29. The van der Waals surface area contributed by atoms with Gasteiger partial charge in [-0.1, -0.05) is 12.1 Å². The molecule has 0 radical (unpaired) electrons. The fourth-order valence-electron chi connectivity index (χ4n) is 1.54. The van der Waals surface area contributed by atoms with Crippen LogP contribution in [-0.4, -0.2) is 17.1 Å². The molecule has 2 aromatic heterocycles. The van der Waals surface area contributed by atoms with E-state index in [1.54, 1.807) is 29.6 Å². The van der Waals surface area contributed by atoms with Gasteiger partial charge in [0, 0.05) is 9.75 Å². The lowest BCUT2D eigenvalue weighted by Gasteiger charge is -2.19. The van der Waals surface area contributed by atoms with Gasteiger partial charge in [0.15, 0.2) is 0 Å². The Morgan fingerprint density at radius 3 is 2.12 bits per heavy atom. The Kier molecular flexibility index (Phi) is 3.93. The molecule has 0 bridgehead atoms. The molecule has 0 saturated heterocycles. The van der Waals surface area contributed by atoms with E-state index in [1.165, 1.54) is 0 Å². The van der Waals surface area contributed by atoms with Crippen molar-refractivity contribution in [1.82, 2.24) is 5.32 Å². The molecule has 17 heavy (non-hydrogen) atoms. The largest absolute Gasteiger partial charge is 0.480 e. The van der Waals surface area contributed by atoms with Gasteiger partial charge in [-0.15, -0.1) is 22.7 Å². The standard InChI is InChI=1S/C12H13NO2S2/c1-8(12(14)15)13-11(9-4-2-6-16-9)10-5-3-7-17-10/h2-8,11,13H,1H3,(H,14,15). The zero-order chi connectivity index (χ0) is 12.3. The lowest BCUT2D eigenvalue weighted by atomic mass is 10.1. The van der Waals surface area contributed by atoms with Crippen LogP contribution in [0.1, 0.15) is 22.7 Å². The van der Waals surface area contributed by atoms with Crippen LogP contribution in [0.15, 0.2) is 35.0 Å². The molecular formula is C12H13NO2S2. The van der Waals surface area contributed by atoms with Gasteiger partial charge < -0.3 is 5.11 Å². The van der Waals surface area contributed by atoms with Crippen LogP contribution in [0.3, 0.4) is 0 Å². The van der Waals surface area contributed by atoms with Crippen molar-refractivity contribution in [3.05, 3.63) is 44.8 Å². The number of aliphatic carboxylic acids is 1. The first-order valence-electron chi connectivity index (χ1n) is 5.24. The average molecular weight is 267 g/mol. The molecule has 5 heteroatoms. The molecule has 2 aromatic rings. The summed E-state index contributed by atoms with van der Waals surface area (Å²) in [6.45, 7) is 1.66. The second kappa shape index (κ2) is 5.44. The molecule has 1 atom stereocenters. The maximum absolute atomic E-state index is 10.9. The predicted molar refractivity (Wildman–Crippen MR) is 70.7 cm³/mol. The maximum atomic E-state index is 10.9. The first kappa shape index (κ1) is 12.3. The van der Waals surface area contributed by atoms with Crippen LogP contribution >= 0.6 is 22.7 Å². The van der Waals surface area contributed by atoms with E-state index in [0.717, 1.165) is 9.75 Å². The van der Waals surface area contributed by atoms with Crippen LogP contribution in [0.5, 0.6) is 0 Å². The molecule has 90 valence electrons. The van der Waals surface area contributed by atoms with Crippen molar-refractivity contribution in [3.63, 3.8) is 0 Å². The second-order valence-corrected chi connectivity index (χ2v) is 5.65. The van der Waals surface area contributed by atoms with Crippen molar-refractivity contribution < 1.29 is 9.90 Å². The zero-order valence-corrected chi connectivity index (χ0v) is 10.9. The summed E-state index contributed by atoms with van der Waals surface area (Å²) in [6.07, 6.45) is 0. The fourth-order valence-corrected chi connectivity index (χ4v) is 3.22. The SMILES string of the molecule is CC(NC(c1cccs1)c1cccs1)C(=O)O. The Morgan fingerprint density at radius 1 is 1.24 bits per heavy atom. The van der Waals surface area contributed by atoms with Crippen LogP contribution in [0.2, 0.25) is 0 Å². The van der Waals surface area contributed by atoms with E-state index in [2.05, 4.69) is 5.32 Å². The molecule has 0 aliphatic rings. The van der Waals surface area contributed by atoms with E-state index < -0.39 is 12.0 Å². The van der Waals surface area contributed by atoms with Gasteiger partial charge >= 0.3 is 5.97 Å². The molecule has 0 amide bonds. The Balaban J connectivity index is 2.23. The topological polar surface area (TPSA) is 49.3 Å². The third-order valence-electron chi connectivity index (χ3n) is 2.44. The van der Waals surface area contributed by atoms with Crippen molar-refractivity contribution in [2.75, 3.05) is 0 Å². The summed E-state index contributed by atoms with van der Waals surface area (Å²) in [6, 6.07) is 7.42. The van der Waals surface area contributed by atoms with Crippen molar-refractivity contribution in [1.29, 1.82) is 0 Å². The number of carbonyl (C=O) groups is 1. The fraction of sp³-hybridized carbons (Fsp3) is 0.250. The van der Waals surface area contributed by atoms with E-state index in [0.29, 0.717) is 0 Å². The summed E-state index contributed by atoms with van der Waals surface area (Å²) in [4.78, 5) is 13.2. The normalized spacial score (nSPS) is 12.8. The molecule has 1 unspecified atom stereocenters. The third kappa shape index (κ3) is 2.94. The summed E-state index contributed by atoms with van der Waals surface area (Å²) in [5.41, 5.74) is 0. The lowest BCUT2D eigenvalue weighted by Crippen LogP contribution is -2.36. The highest BCUT2D eigenvalue weighted by Crippen LogP contribution is 2.29. The van der Waals surface area contributed by atoms with Crippen LogP contribution in [0, 0.1) is 0 Å². The lowest BCUT2D eigenvalue weighted by molar-refractivity contribution is -0.139. The monoisotopic (exact) mass is 267 g/mol. The number of rotatable bonds is 5. The van der Waals surface area contributed by atoms with Crippen molar-refractivity contribution in [2.45, 2.75) is 19.0 Å². The van der Waals surface area contributed by atoms with Gasteiger partial charge in [-0.2, -0.15) is 0 Å². The smallest absolute Gasteiger partial charge is 0.320 e. The molecule has 0 fully saturated rings. The number of nitrogens with one attached hydrogen (secondary N) is 1. The molecule has 2 rings (SSSR count). The van der Waals surface area contributed by atoms with E-state index >= 15 is 0 Å². The number of hydrogen-bond donors (Lipinski definition) is 2. The molecule has 2 heterocycles. The van der Waals surface area contributed by atoms with Crippen molar-refractivity contribution in [3.8, 4) is 0 Å².